The van der Waals surface area contributed by atoms with Crippen LogP contribution in [-0.2, 0) is 0 Å². The van der Waals surface area contributed by atoms with E-state index in [1.165, 1.54) is 0 Å². The number of hydrogen-bond acceptors (Lipinski definition) is 4. The lowest BCUT2D eigenvalue weighted by molar-refractivity contribution is 0.0767. The third kappa shape index (κ3) is 2.20. The Morgan fingerprint density at radius 3 is 2.95 bits per heavy atom. The molecule has 2 heterocycles. The molecule has 5 heteroatoms. The number of likely N-dealkylation sites (tertiary alicyclic amines) is 1. The summed E-state index contributed by atoms with van der Waals surface area (Å²) in [5.41, 5.74) is 1.43. The van der Waals surface area contributed by atoms with Gasteiger partial charge in [-0.15, -0.1) is 0 Å². The molecule has 5 nitrogen and oxygen atoms in total. The fourth-order valence-corrected chi connectivity index (χ4v) is 2.58. The SMILES string of the molecule is CNc1cc(C(=O)N2CCC(O)C2)c2ccccc2n1. The number of carbonyl (C=O) groups is 1. The average molecular weight is 271 g/mol. The summed E-state index contributed by atoms with van der Waals surface area (Å²) in [4.78, 5) is 18.8. The van der Waals surface area contributed by atoms with Gasteiger partial charge in [0.2, 0.25) is 0 Å². The number of aliphatic hydroxyl groups is 1. The fraction of sp³-hybridized carbons (Fsp3) is 0.333. The van der Waals surface area contributed by atoms with E-state index in [9.17, 15) is 9.90 Å². The van der Waals surface area contributed by atoms with E-state index in [1.807, 2.05) is 24.3 Å². The summed E-state index contributed by atoms with van der Waals surface area (Å²) < 4.78 is 0. The van der Waals surface area contributed by atoms with E-state index in [1.54, 1.807) is 18.0 Å². The highest BCUT2D eigenvalue weighted by atomic mass is 16.3. The van der Waals surface area contributed by atoms with Crippen molar-refractivity contribution in [3.8, 4) is 0 Å². The minimum Gasteiger partial charge on any atom is -0.391 e. The highest BCUT2D eigenvalue weighted by Crippen LogP contribution is 2.23. The largest absolute Gasteiger partial charge is 0.391 e. The Hall–Kier alpha value is -2.14. The van der Waals surface area contributed by atoms with Gasteiger partial charge in [0.05, 0.1) is 17.2 Å². The van der Waals surface area contributed by atoms with Crippen molar-refractivity contribution in [3.05, 3.63) is 35.9 Å². The Kier molecular flexibility index (Phi) is 3.28. The van der Waals surface area contributed by atoms with E-state index in [2.05, 4.69) is 10.3 Å². The number of aromatic nitrogens is 1. The first-order valence-electron chi connectivity index (χ1n) is 6.74. The predicted molar refractivity (Wildman–Crippen MR) is 77.8 cm³/mol. The summed E-state index contributed by atoms with van der Waals surface area (Å²) in [6.07, 6.45) is 0.240. The van der Waals surface area contributed by atoms with Gasteiger partial charge in [-0.2, -0.15) is 0 Å². The summed E-state index contributed by atoms with van der Waals surface area (Å²) in [7, 11) is 1.78. The predicted octanol–water partition coefficient (Wildman–Crippen LogP) is 1.48. The molecule has 2 N–H and O–H groups in total. The zero-order valence-corrected chi connectivity index (χ0v) is 11.3. The maximum absolute atomic E-state index is 12.6. The molecule has 0 saturated carbocycles. The normalized spacial score (nSPS) is 18.5. The first-order valence-corrected chi connectivity index (χ1v) is 6.74. The van der Waals surface area contributed by atoms with Gasteiger partial charge in [-0.05, 0) is 18.6 Å². The summed E-state index contributed by atoms with van der Waals surface area (Å²) in [6.45, 7) is 1.01. The maximum atomic E-state index is 12.6. The second-order valence-corrected chi connectivity index (χ2v) is 5.02. The van der Waals surface area contributed by atoms with Gasteiger partial charge in [0.1, 0.15) is 5.82 Å². The molecule has 0 bridgehead atoms. The number of fused-ring (bicyclic) bond motifs is 1. The second-order valence-electron chi connectivity index (χ2n) is 5.02. The Bertz CT molecular complexity index is 657. The standard InChI is InChI=1S/C15H17N3O2/c1-16-14-8-12(11-4-2-3-5-13(11)17-14)15(20)18-7-6-10(19)9-18/h2-5,8,10,19H,6-7,9H2,1H3,(H,16,17). The molecule has 1 aliphatic rings. The van der Waals surface area contributed by atoms with Crippen molar-refractivity contribution >= 4 is 22.6 Å². The zero-order valence-electron chi connectivity index (χ0n) is 11.3. The molecule has 1 saturated heterocycles. The molecule has 0 radical (unpaired) electrons. The van der Waals surface area contributed by atoms with Crippen LogP contribution in [0.15, 0.2) is 30.3 Å². The number of rotatable bonds is 2. The molecule has 20 heavy (non-hydrogen) atoms. The maximum Gasteiger partial charge on any atom is 0.254 e. The van der Waals surface area contributed by atoms with E-state index in [4.69, 9.17) is 0 Å². The molecule has 1 fully saturated rings. The molecule has 1 atom stereocenters. The first-order chi connectivity index (χ1) is 9.69. The van der Waals surface area contributed by atoms with Crippen LogP contribution in [0.3, 0.4) is 0 Å². The van der Waals surface area contributed by atoms with Crippen LogP contribution in [-0.4, -0.2) is 47.1 Å². The van der Waals surface area contributed by atoms with Gasteiger partial charge in [0.25, 0.3) is 5.91 Å². The van der Waals surface area contributed by atoms with Crippen molar-refractivity contribution in [2.75, 3.05) is 25.5 Å². The molecule has 1 aromatic carbocycles. The third-order valence-electron chi connectivity index (χ3n) is 3.65. The van der Waals surface area contributed by atoms with Gasteiger partial charge in [-0.1, -0.05) is 18.2 Å². The Morgan fingerprint density at radius 2 is 2.25 bits per heavy atom. The van der Waals surface area contributed by atoms with Crippen LogP contribution in [0.4, 0.5) is 5.82 Å². The quantitative estimate of drug-likeness (QED) is 0.868. The summed E-state index contributed by atoms with van der Waals surface area (Å²) >= 11 is 0. The molecule has 3 rings (SSSR count). The Labute approximate surface area is 117 Å². The van der Waals surface area contributed by atoms with Crippen LogP contribution in [0, 0.1) is 0 Å². The molecule has 1 aromatic heterocycles. The third-order valence-corrected chi connectivity index (χ3v) is 3.65. The summed E-state index contributed by atoms with van der Waals surface area (Å²) in [5, 5.41) is 13.4. The van der Waals surface area contributed by atoms with Gasteiger partial charge in [-0.25, -0.2) is 4.98 Å². The monoisotopic (exact) mass is 271 g/mol. The molecule has 0 spiro atoms. The van der Waals surface area contributed by atoms with Crippen LogP contribution in [0.2, 0.25) is 0 Å². The second kappa shape index (κ2) is 5.09. The van der Waals surface area contributed by atoms with Crippen LogP contribution < -0.4 is 5.32 Å². The molecule has 104 valence electrons. The number of pyridine rings is 1. The lowest BCUT2D eigenvalue weighted by Crippen LogP contribution is -2.29. The highest BCUT2D eigenvalue weighted by Gasteiger charge is 2.26. The molecule has 0 aliphatic carbocycles. The zero-order chi connectivity index (χ0) is 14.1. The summed E-state index contributed by atoms with van der Waals surface area (Å²) in [6, 6.07) is 9.38. The van der Waals surface area contributed by atoms with Crippen molar-refractivity contribution in [3.63, 3.8) is 0 Å². The number of amides is 1. The number of carbonyl (C=O) groups excluding carboxylic acids is 1. The van der Waals surface area contributed by atoms with Gasteiger partial charge < -0.3 is 15.3 Å². The van der Waals surface area contributed by atoms with Crippen LogP contribution >= 0.6 is 0 Å². The summed E-state index contributed by atoms with van der Waals surface area (Å²) in [5.74, 6) is 0.628. The van der Waals surface area contributed by atoms with Crippen LogP contribution in [0.25, 0.3) is 10.9 Å². The number of aliphatic hydroxyl groups excluding tert-OH is 1. The molecule has 1 amide bonds. The number of nitrogens with zero attached hydrogens (tertiary/aromatic N) is 2. The number of anilines is 1. The van der Waals surface area contributed by atoms with Crippen molar-refractivity contribution in [1.82, 2.24) is 9.88 Å². The van der Waals surface area contributed by atoms with Gasteiger partial charge in [-0.3, -0.25) is 4.79 Å². The van der Waals surface area contributed by atoms with E-state index in [0.717, 1.165) is 10.9 Å². The van der Waals surface area contributed by atoms with Gasteiger partial charge in [0, 0.05) is 25.5 Å². The number of para-hydroxylation sites is 1. The number of nitrogens with one attached hydrogen (secondary N) is 1. The van der Waals surface area contributed by atoms with Crippen LogP contribution in [0.5, 0.6) is 0 Å². The average Bonchev–Trinajstić information content (AvgIpc) is 2.92. The first kappa shape index (κ1) is 12.9. The van der Waals surface area contributed by atoms with Gasteiger partial charge >= 0.3 is 0 Å². The smallest absolute Gasteiger partial charge is 0.254 e. The molecule has 1 unspecified atom stereocenters. The molecule has 2 aromatic rings. The topological polar surface area (TPSA) is 65.5 Å². The minimum atomic E-state index is -0.407. The van der Waals surface area contributed by atoms with E-state index in [-0.39, 0.29) is 5.91 Å². The van der Waals surface area contributed by atoms with Crippen molar-refractivity contribution < 1.29 is 9.90 Å². The minimum absolute atomic E-state index is 0.0448. The van der Waals surface area contributed by atoms with E-state index < -0.39 is 6.10 Å². The lowest BCUT2D eigenvalue weighted by atomic mass is 10.1. The molecule has 1 aliphatic heterocycles. The highest BCUT2D eigenvalue weighted by molar-refractivity contribution is 6.07. The fourth-order valence-electron chi connectivity index (χ4n) is 2.58. The van der Waals surface area contributed by atoms with Gasteiger partial charge in [0.15, 0.2) is 0 Å². The van der Waals surface area contributed by atoms with Crippen molar-refractivity contribution in [1.29, 1.82) is 0 Å². The Balaban J connectivity index is 2.07. The number of hydrogen-bond donors (Lipinski definition) is 2. The number of benzene rings is 1. The Morgan fingerprint density at radius 1 is 1.45 bits per heavy atom. The lowest BCUT2D eigenvalue weighted by Gasteiger charge is -2.17. The van der Waals surface area contributed by atoms with Crippen LogP contribution in [0.1, 0.15) is 16.8 Å². The van der Waals surface area contributed by atoms with Crippen molar-refractivity contribution in [2.45, 2.75) is 12.5 Å². The van der Waals surface area contributed by atoms with Crippen molar-refractivity contribution in [2.24, 2.45) is 0 Å². The van der Waals surface area contributed by atoms with E-state index in [0.29, 0.717) is 30.9 Å². The molecular formula is C15H17N3O2. The van der Waals surface area contributed by atoms with E-state index >= 15 is 0 Å². The molecular weight excluding hydrogens is 254 g/mol. The number of β-amino-alcohol motifs (C(OH)–C–C–N with tert-alkyl or cyclic N) is 1.